The fourth-order valence-electron chi connectivity index (χ4n) is 10.7. The molecule has 2 unspecified atom stereocenters. The van der Waals surface area contributed by atoms with Crippen LogP contribution < -0.4 is 0 Å². The summed E-state index contributed by atoms with van der Waals surface area (Å²) in [6.45, 7) is 4.93. The average Bonchev–Trinajstić information content (AvgIpc) is 3.69. The van der Waals surface area contributed by atoms with Gasteiger partial charge in [-0.25, -0.2) is 9.13 Å². The lowest BCUT2D eigenvalue weighted by atomic mass is 10.0. The van der Waals surface area contributed by atoms with Crippen LogP contribution in [0.2, 0.25) is 0 Å². The van der Waals surface area contributed by atoms with Gasteiger partial charge in [-0.05, 0) is 25.7 Å². The molecule has 528 valence electrons. The van der Waals surface area contributed by atoms with E-state index >= 15 is 0 Å². The van der Waals surface area contributed by atoms with Gasteiger partial charge >= 0.3 is 39.5 Å². The lowest BCUT2D eigenvalue weighted by Gasteiger charge is -2.21. The van der Waals surface area contributed by atoms with E-state index in [-0.39, 0.29) is 25.7 Å². The number of aliphatic hydroxyl groups excluding tert-OH is 1. The third kappa shape index (κ3) is 64.6. The van der Waals surface area contributed by atoms with Crippen molar-refractivity contribution in [3.8, 4) is 0 Å². The molecule has 0 aliphatic heterocycles. The molecule has 0 saturated carbocycles. The number of aliphatic hydroxyl groups is 1. The number of hydrogen-bond acceptors (Lipinski definition) is 15. The third-order valence-electron chi connectivity index (χ3n) is 16.4. The van der Waals surface area contributed by atoms with Crippen LogP contribution in [-0.4, -0.2) is 96.7 Å². The minimum Gasteiger partial charge on any atom is -0.462 e. The normalized spacial score (nSPS) is 14.0. The van der Waals surface area contributed by atoms with Gasteiger partial charge in [-0.3, -0.25) is 37.3 Å². The Bertz CT molecular complexity index is 1710. The van der Waals surface area contributed by atoms with E-state index in [0.717, 1.165) is 96.3 Å². The molecule has 0 amide bonds. The van der Waals surface area contributed by atoms with Gasteiger partial charge in [0.2, 0.25) is 0 Å². The highest BCUT2D eigenvalue weighted by Crippen LogP contribution is 2.45. The van der Waals surface area contributed by atoms with E-state index in [9.17, 15) is 43.2 Å². The molecule has 3 N–H and O–H groups in total. The molecule has 0 heterocycles. The molecule has 0 rings (SSSR count). The third-order valence-corrected chi connectivity index (χ3v) is 18.3. The molecule has 0 aliphatic carbocycles. The Kier molecular flexibility index (Phi) is 63.3. The number of phosphoric acid groups is 2. The summed E-state index contributed by atoms with van der Waals surface area (Å²) in [4.78, 5) is 72.5. The highest BCUT2D eigenvalue weighted by atomic mass is 31.2. The van der Waals surface area contributed by atoms with Crippen LogP contribution in [0.3, 0.4) is 0 Å². The zero-order valence-corrected chi connectivity index (χ0v) is 59.2. The molecular formula is C70H136O17P2. The van der Waals surface area contributed by atoms with Crippen molar-refractivity contribution in [3.05, 3.63) is 0 Å². The van der Waals surface area contributed by atoms with Gasteiger partial charge in [0, 0.05) is 25.7 Å². The van der Waals surface area contributed by atoms with Crippen molar-refractivity contribution in [1.82, 2.24) is 0 Å². The lowest BCUT2D eigenvalue weighted by Crippen LogP contribution is -2.30. The van der Waals surface area contributed by atoms with E-state index in [2.05, 4.69) is 27.7 Å². The maximum atomic E-state index is 13.0. The monoisotopic (exact) mass is 1310 g/mol. The van der Waals surface area contributed by atoms with Crippen LogP contribution in [0.5, 0.6) is 0 Å². The Labute approximate surface area is 543 Å². The Morgan fingerprint density at radius 1 is 0.270 bits per heavy atom. The van der Waals surface area contributed by atoms with Crippen LogP contribution in [0, 0.1) is 0 Å². The number of ether oxygens (including phenoxy) is 4. The zero-order valence-electron chi connectivity index (χ0n) is 57.4. The minimum absolute atomic E-state index is 0.108. The van der Waals surface area contributed by atoms with Crippen LogP contribution in [0.15, 0.2) is 0 Å². The van der Waals surface area contributed by atoms with E-state index in [0.29, 0.717) is 25.7 Å². The standard InChI is InChI=1S/C70H136O17P2/c1-5-9-13-17-21-25-28-31-33-35-38-41-45-49-53-57-70(75)87-66(61-81-68(73)55-51-47-43-39-37-34-32-29-26-22-18-14-10-6-2)63-85-89(78,79)83-59-64(71)58-82-88(76,77)84-62-65(60-80-67(72)54-50-46-42-24-20-16-12-8-4)86-69(74)56-52-48-44-40-36-30-27-23-19-15-11-7-3/h64-66,71H,5-63H2,1-4H3,(H,76,77)(H,78,79)/t64-,65+,66+/m0/s1. The SMILES string of the molecule is CCCCCCCCCCCCCCCCCC(=O)O[C@H](COC(=O)CCCCCCCCCCCCCCCC)COP(=O)(O)OC[C@@H](O)COP(=O)(O)OC[C@@H](COC(=O)CCCCCCCCCC)OC(=O)CCCCCCCCCCCCCC. The fraction of sp³-hybridized carbons (Fsp3) is 0.943. The lowest BCUT2D eigenvalue weighted by molar-refractivity contribution is -0.161. The minimum atomic E-state index is -4.95. The quantitative estimate of drug-likeness (QED) is 0.0222. The molecule has 0 spiro atoms. The Balaban J connectivity index is 5.22. The van der Waals surface area contributed by atoms with Crippen LogP contribution in [0.1, 0.15) is 368 Å². The van der Waals surface area contributed by atoms with E-state index in [1.165, 1.54) is 193 Å². The Hall–Kier alpha value is -1.94. The molecule has 0 aromatic carbocycles. The van der Waals surface area contributed by atoms with Crippen molar-refractivity contribution in [3.63, 3.8) is 0 Å². The molecule has 0 bridgehead atoms. The molecule has 89 heavy (non-hydrogen) atoms. The summed E-state index contributed by atoms with van der Waals surface area (Å²) in [6, 6.07) is 0. The Morgan fingerprint density at radius 3 is 0.663 bits per heavy atom. The number of carbonyl (C=O) groups is 4. The van der Waals surface area contributed by atoms with Gasteiger partial charge in [0.15, 0.2) is 12.2 Å². The second kappa shape index (κ2) is 64.8. The predicted molar refractivity (Wildman–Crippen MR) is 359 cm³/mol. The first kappa shape index (κ1) is 87.1. The fourth-order valence-corrected chi connectivity index (χ4v) is 12.3. The van der Waals surface area contributed by atoms with Crippen molar-refractivity contribution in [2.45, 2.75) is 386 Å². The number of rotatable bonds is 71. The summed E-state index contributed by atoms with van der Waals surface area (Å²) in [7, 11) is -9.89. The van der Waals surface area contributed by atoms with Crippen LogP contribution in [-0.2, 0) is 65.4 Å². The maximum absolute atomic E-state index is 13.0. The van der Waals surface area contributed by atoms with Gasteiger partial charge in [-0.2, -0.15) is 0 Å². The van der Waals surface area contributed by atoms with E-state index in [1.54, 1.807) is 0 Å². The second-order valence-electron chi connectivity index (χ2n) is 25.3. The van der Waals surface area contributed by atoms with E-state index < -0.39 is 97.5 Å². The maximum Gasteiger partial charge on any atom is 0.472 e. The second-order valence-corrected chi connectivity index (χ2v) is 28.2. The number of esters is 4. The van der Waals surface area contributed by atoms with Gasteiger partial charge < -0.3 is 33.8 Å². The summed E-state index contributed by atoms with van der Waals surface area (Å²) in [5.74, 6) is -2.12. The number of unbranched alkanes of at least 4 members (excludes halogenated alkanes) is 45. The first-order chi connectivity index (χ1) is 43.2. The summed E-state index contributed by atoms with van der Waals surface area (Å²) < 4.78 is 68.2. The molecule has 0 radical (unpaired) electrons. The van der Waals surface area contributed by atoms with Gasteiger partial charge in [-0.1, -0.05) is 317 Å². The van der Waals surface area contributed by atoms with Crippen molar-refractivity contribution in [2.24, 2.45) is 0 Å². The largest absolute Gasteiger partial charge is 0.472 e. The highest BCUT2D eigenvalue weighted by Gasteiger charge is 2.30. The van der Waals surface area contributed by atoms with E-state index in [1.807, 2.05) is 0 Å². The predicted octanol–water partition coefficient (Wildman–Crippen LogP) is 20.3. The van der Waals surface area contributed by atoms with Crippen LogP contribution in [0.25, 0.3) is 0 Å². The molecule has 0 aromatic heterocycles. The summed E-state index contributed by atoms with van der Waals surface area (Å²) in [5.41, 5.74) is 0. The smallest absolute Gasteiger partial charge is 0.462 e. The summed E-state index contributed by atoms with van der Waals surface area (Å²) >= 11 is 0. The molecule has 0 aromatic rings. The van der Waals surface area contributed by atoms with Gasteiger partial charge in [-0.15, -0.1) is 0 Å². The van der Waals surface area contributed by atoms with Gasteiger partial charge in [0.25, 0.3) is 0 Å². The van der Waals surface area contributed by atoms with Crippen LogP contribution in [0.4, 0.5) is 0 Å². The molecule has 5 atom stereocenters. The highest BCUT2D eigenvalue weighted by molar-refractivity contribution is 7.47. The van der Waals surface area contributed by atoms with Gasteiger partial charge in [0.05, 0.1) is 26.4 Å². The number of hydrogen-bond donors (Lipinski definition) is 3. The summed E-state index contributed by atoms with van der Waals surface area (Å²) in [5, 5.41) is 10.6. The molecule has 17 nitrogen and oxygen atoms in total. The topological polar surface area (TPSA) is 237 Å². The Morgan fingerprint density at radius 2 is 0.449 bits per heavy atom. The first-order valence-corrected chi connectivity index (χ1v) is 39.8. The van der Waals surface area contributed by atoms with Crippen molar-refractivity contribution in [1.29, 1.82) is 0 Å². The summed E-state index contributed by atoms with van der Waals surface area (Å²) in [6.07, 6.45) is 52.6. The molecule has 0 saturated heterocycles. The van der Waals surface area contributed by atoms with Crippen molar-refractivity contribution < 1.29 is 80.2 Å². The molecule has 0 aliphatic rings. The zero-order chi connectivity index (χ0) is 65.4. The van der Waals surface area contributed by atoms with Gasteiger partial charge in [0.1, 0.15) is 19.3 Å². The number of phosphoric ester groups is 2. The molecule has 19 heteroatoms. The molecule has 0 fully saturated rings. The van der Waals surface area contributed by atoms with E-state index in [4.69, 9.17) is 37.0 Å². The average molecular weight is 1310 g/mol. The van der Waals surface area contributed by atoms with Crippen LogP contribution >= 0.6 is 15.6 Å². The first-order valence-electron chi connectivity index (χ1n) is 36.8. The van der Waals surface area contributed by atoms with Crippen molar-refractivity contribution >= 4 is 39.5 Å². The molecular weight excluding hydrogens is 1170 g/mol. The number of carbonyl (C=O) groups excluding carboxylic acids is 4. The van der Waals surface area contributed by atoms with Crippen molar-refractivity contribution in [2.75, 3.05) is 39.6 Å².